The highest BCUT2D eigenvalue weighted by Crippen LogP contribution is 2.24. The third-order valence-corrected chi connectivity index (χ3v) is 4.50. The molecule has 0 aliphatic rings. The first-order valence-corrected chi connectivity index (χ1v) is 8.29. The third-order valence-electron chi connectivity index (χ3n) is 3.48. The quantitative estimate of drug-likeness (QED) is 0.748. The molecule has 5 heteroatoms. The summed E-state index contributed by atoms with van der Waals surface area (Å²) in [5.41, 5.74) is 3.15. The van der Waals surface area contributed by atoms with Gasteiger partial charge in [0.1, 0.15) is 10.8 Å². The zero-order chi connectivity index (χ0) is 16.1. The molecular weight excluding hydrogens is 306 g/mol. The Labute approximate surface area is 140 Å². The molecular formula is C18H19N3OS. The normalized spacial score (nSPS) is 10.7. The van der Waals surface area contributed by atoms with Crippen molar-refractivity contribution in [3.05, 3.63) is 64.9 Å². The second-order valence-electron chi connectivity index (χ2n) is 5.20. The molecule has 0 amide bonds. The standard InChI is InChI=1S/C18H19N3OS/c1-13-6-5-8-15(21-13)17-11-20-18(23-17)12-19-10-14-7-3-4-9-16(14)22-2/h3-9,11,19H,10,12H2,1-2H3. The zero-order valence-corrected chi connectivity index (χ0v) is 14.1. The molecule has 0 aliphatic heterocycles. The summed E-state index contributed by atoms with van der Waals surface area (Å²) in [6.45, 7) is 3.48. The van der Waals surface area contributed by atoms with Crippen LogP contribution in [-0.4, -0.2) is 17.1 Å². The lowest BCUT2D eigenvalue weighted by molar-refractivity contribution is 0.407. The average molecular weight is 325 g/mol. The summed E-state index contributed by atoms with van der Waals surface area (Å²) in [4.78, 5) is 10.1. The summed E-state index contributed by atoms with van der Waals surface area (Å²) in [7, 11) is 1.70. The second kappa shape index (κ2) is 7.35. The number of aryl methyl sites for hydroxylation is 1. The van der Waals surface area contributed by atoms with E-state index in [1.165, 1.54) is 0 Å². The predicted molar refractivity (Wildman–Crippen MR) is 93.6 cm³/mol. The van der Waals surface area contributed by atoms with Gasteiger partial charge in [0.05, 0.1) is 17.7 Å². The molecule has 2 aromatic heterocycles. The molecule has 1 aromatic carbocycles. The smallest absolute Gasteiger partial charge is 0.123 e. The van der Waals surface area contributed by atoms with Crippen LogP contribution < -0.4 is 10.1 Å². The van der Waals surface area contributed by atoms with Crippen LogP contribution in [0.5, 0.6) is 5.75 Å². The molecule has 0 atom stereocenters. The van der Waals surface area contributed by atoms with Crippen molar-refractivity contribution in [3.63, 3.8) is 0 Å². The number of pyridine rings is 1. The van der Waals surface area contributed by atoms with Gasteiger partial charge in [0, 0.05) is 30.5 Å². The van der Waals surface area contributed by atoms with Crippen LogP contribution in [0.15, 0.2) is 48.7 Å². The van der Waals surface area contributed by atoms with Gasteiger partial charge in [-0.3, -0.25) is 4.98 Å². The van der Waals surface area contributed by atoms with Crippen molar-refractivity contribution < 1.29 is 4.74 Å². The van der Waals surface area contributed by atoms with Crippen LogP contribution in [-0.2, 0) is 13.1 Å². The maximum Gasteiger partial charge on any atom is 0.123 e. The van der Waals surface area contributed by atoms with Crippen LogP contribution in [0.25, 0.3) is 10.6 Å². The molecule has 0 spiro atoms. The molecule has 0 bridgehead atoms. The second-order valence-corrected chi connectivity index (χ2v) is 6.31. The molecule has 0 saturated heterocycles. The molecule has 0 saturated carbocycles. The minimum Gasteiger partial charge on any atom is -0.496 e. The van der Waals surface area contributed by atoms with Crippen LogP contribution >= 0.6 is 11.3 Å². The van der Waals surface area contributed by atoms with Crippen LogP contribution in [0.4, 0.5) is 0 Å². The summed E-state index contributed by atoms with van der Waals surface area (Å²) in [5.74, 6) is 0.906. The summed E-state index contributed by atoms with van der Waals surface area (Å²) in [6, 6.07) is 14.1. The van der Waals surface area contributed by atoms with Crippen LogP contribution in [0.3, 0.4) is 0 Å². The Bertz CT molecular complexity index is 785. The molecule has 1 N–H and O–H groups in total. The first kappa shape index (κ1) is 15.6. The highest BCUT2D eigenvalue weighted by Gasteiger charge is 2.06. The van der Waals surface area contributed by atoms with Crippen molar-refractivity contribution in [2.24, 2.45) is 0 Å². The maximum atomic E-state index is 5.36. The molecule has 0 unspecified atom stereocenters. The van der Waals surface area contributed by atoms with Crippen molar-refractivity contribution in [1.82, 2.24) is 15.3 Å². The average Bonchev–Trinajstić information content (AvgIpc) is 3.04. The molecule has 2 heterocycles. The van der Waals surface area contributed by atoms with E-state index in [4.69, 9.17) is 4.74 Å². The van der Waals surface area contributed by atoms with Gasteiger partial charge in [-0.1, -0.05) is 24.3 Å². The Kier molecular flexibility index (Phi) is 5.00. The van der Waals surface area contributed by atoms with E-state index >= 15 is 0 Å². The van der Waals surface area contributed by atoms with Gasteiger partial charge < -0.3 is 10.1 Å². The largest absolute Gasteiger partial charge is 0.496 e. The van der Waals surface area contributed by atoms with Crippen molar-refractivity contribution in [2.45, 2.75) is 20.0 Å². The molecule has 3 rings (SSSR count). The van der Waals surface area contributed by atoms with E-state index in [1.807, 2.05) is 49.5 Å². The number of methoxy groups -OCH3 is 1. The van der Waals surface area contributed by atoms with Gasteiger partial charge in [0.15, 0.2) is 0 Å². The summed E-state index contributed by atoms with van der Waals surface area (Å²) in [6.07, 6.45) is 1.90. The van der Waals surface area contributed by atoms with Crippen molar-refractivity contribution in [1.29, 1.82) is 0 Å². The molecule has 0 fully saturated rings. The van der Waals surface area contributed by atoms with E-state index in [-0.39, 0.29) is 0 Å². The molecule has 4 nitrogen and oxygen atoms in total. The van der Waals surface area contributed by atoms with Crippen molar-refractivity contribution >= 4 is 11.3 Å². The van der Waals surface area contributed by atoms with Gasteiger partial charge in [0.25, 0.3) is 0 Å². The Morgan fingerprint density at radius 1 is 1.09 bits per heavy atom. The number of aromatic nitrogens is 2. The number of para-hydroxylation sites is 1. The fourth-order valence-corrected chi connectivity index (χ4v) is 3.20. The van der Waals surface area contributed by atoms with Crippen molar-refractivity contribution in [2.75, 3.05) is 7.11 Å². The van der Waals surface area contributed by atoms with E-state index in [1.54, 1.807) is 18.4 Å². The lowest BCUT2D eigenvalue weighted by Crippen LogP contribution is -2.13. The molecule has 23 heavy (non-hydrogen) atoms. The van der Waals surface area contributed by atoms with Crippen LogP contribution in [0.1, 0.15) is 16.3 Å². The number of thiazole rings is 1. The Morgan fingerprint density at radius 3 is 2.78 bits per heavy atom. The number of hydrogen-bond acceptors (Lipinski definition) is 5. The lowest BCUT2D eigenvalue weighted by atomic mass is 10.2. The first-order valence-electron chi connectivity index (χ1n) is 7.47. The number of ether oxygens (including phenoxy) is 1. The monoisotopic (exact) mass is 325 g/mol. The minimum absolute atomic E-state index is 0.731. The van der Waals surface area contributed by atoms with Gasteiger partial charge in [-0.05, 0) is 25.1 Å². The van der Waals surface area contributed by atoms with Crippen LogP contribution in [0.2, 0.25) is 0 Å². The molecule has 0 radical (unpaired) electrons. The topological polar surface area (TPSA) is 47.0 Å². The zero-order valence-electron chi connectivity index (χ0n) is 13.2. The van der Waals surface area contributed by atoms with Gasteiger partial charge in [0.2, 0.25) is 0 Å². The Hall–Kier alpha value is -2.24. The molecule has 3 aromatic rings. The number of nitrogens with zero attached hydrogens (tertiary/aromatic N) is 2. The molecule has 0 aliphatic carbocycles. The summed E-state index contributed by atoms with van der Waals surface area (Å²) in [5, 5.41) is 4.47. The van der Waals surface area contributed by atoms with E-state index in [0.717, 1.165) is 45.7 Å². The van der Waals surface area contributed by atoms with E-state index < -0.39 is 0 Å². The summed E-state index contributed by atoms with van der Waals surface area (Å²) >= 11 is 1.67. The lowest BCUT2D eigenvalue weighted by Gasteiger charge is -2.08. The number of nitrogens with one attached hydrogen (secondary N) is 1. The fraction of sp³-hybridized carbons (Fsp3) is 0.222. The fourth-order valence-electron chi connectivity index (χ4n) is 2.34. The van der Waals surface area contributed by atoms with Gasteiger partial charge in [-0.25, -0.2) is 4.98 Å². The van der Waals surface area contributed by atoms with Gasteiger partial charge in [-0.15, -0.1) is 11.3 Å². The molecule has 118 valence electrons. The highest BCUT2D eigenvalue weighted by atomic mass is 32.1. The third kappa shape index (κ3) is 3.94. The van der Waals surface area contributed by atoms with Gasteiger partial charge >= 0.3 is 0 Å². The van der Waals surface area contributed by atoms with Crippen LogP contribution in [0, 0.1) is 6.92 Å². The number of hydrogen-bond donors (Lipinski definition) is 1. The first-order chi connectivity index (χ1) is 11.3. The number of rotatable bonds is 6. The summed E-state index contributed by atoms with van der Waals surface area (Å²) < 4.78 is 5.36. The van der Waals surface area contributed by atoms with E-state index in [2.05, 4.69) is 21.4 Å². The SMILES string of the molecule is COc1ccccc1CNCc1ncc(-c2cccc(C)n2)s1. The minimum atomic E-state index is 0.731. The van der Waals surface area contributed by atoms with E-state index in [9.17, 15) is 0 Å². The van der Waals surface area contributed by atoms with E-state index in [0.29, 0.717) is 0 Å². The Morgan fingerprint density at radius 2 is 1.96 bits per heavy atom. The van der Waals surface area contributed by atoms with Gasteiger partial charge in [-0.2, -0.15) is 0 Å². The highest BCUT2D eigenvalue weighted by molar-refractivity contribution is 7.15. The predicted octanol–water partition coefficient (Wildman–Crippen LogP) is 3.81. The maximum absolute atomic E-state index is 5.36. The van der Waals surface area contributed by atoms with Crippen molar-refractivity contribution in [3.8, 4) is 16.3 Å². The number of benzene rings is 1. The Balaban J connectivity index is 1.61.